The van der Waals surface area contributed by atoms with Crippen molar-refractivity contribution >= 4 is 11.6 Å². The smallest absolute Gasteiger partial charge is 0.251 e. The number of hydrogen-bond acceptors (Lipinski definition) is 4. The standard InChI is InChI=1S/C19H23N3O2/c23-19(21-11-4-14-24-18-5-3-10-20-15-18)16-6-8-17(9-7-16)22-12-1-2-13-22/h3,5-10,15H,1-2,4,11-14H2,(H,21,23). The van der Waals surface area contributed by atoms with E-state index in [1.807, 2.05) is 36.4 Å². The van der Waals surface area contributed by atoms with Crippen molar-refractivity contribution in [2.24, 2.45) is 0 Å². The molecule has 0 aliphatic carbocycles. The van der Waals surface area contributed by atoms with Gasteiger partial charge in [-0.3, -0.25) is 9.78 Å². The van der Waals surface area contributed by atoms with E-state index < -0.39 is 0 Å². The Balaban J connectivity index is 1.38. The Bertz CT molecular complexity index is 637. The second-order valence-electron chi connectivity index (χ2n) is 5.89. The molecule has 1 aliphatic rings. The lowest BCUT2D eigenvalue weighted by Crippen LogP contribution is -2.25. The normalized spacial score (nSPS) is 13.8. The zero-order valence-electron chi connectivity index (χ0n) is 13.8. The van der Waals surface area contributed by atoms with Crippen LogP contribution in [0.1, 0.15) is 29.6 Å². The molecule has 1 amide bonds. The van der Waals surface area contributed by atoms with Crippen LogP contribution in [-0.2, 0) is 0 Å². The van der Waals surface area contributed by atoms with Gasteiger partial charge >= 0.3 is 0 Å². The number of nitrogens with one attached hydrogen (secondary N) is 1. The number of anilines is 1. The Labute approximate surface area is 142 Å². The number of carbonyl (C=O) groups is 1. The summed E-state index contributed by atoms with van der Waals surface area (Å²) in [7, 11) is 0. The molecule has 0 radical (unpaired) electrons. The third kappa shape index (κ3) is 4.47. The summed E-state index contributed by atoms with van der Waals surface area (Å²) in [6.45, 7) is 3.37. The van der Waals surface area contributed by atoms with E-state index in [4.69, 9.17) is 4.74 Å². The molecule has 2 aromatic rings. The molecule has 1 aromatic heterocycles. The highest BCUT2D eigenvalue weighted by atomic mass is 16.5. The summed E-state index contributed by atoms with van der Waals surface area (Å²) in [4.78, 5) is 18.5. The van der Waals surface area contributed by atoms with Crippen LogP contribution in [0.2, 0.25) is 0 Å². The first-order valence-electron chi connectivity index (χ1n) is 8.49. The third-order valence-corrected chi connectivity index (χ3v) is 4.11. The van der Waals surface area contributed by atoms with Crippen LogP contribution in [0.5, 0.6) is 5.75 Å². The molecule has 3 rings (SSSR count). The fourth-order valence-electron chi connectivity index (χ4n) is 2.80. The summed E-state index contributed by atoms with van der Waals surface area (Å²) in [6.07, 6.45) is 6.65. The molecular weight excluding hydrogens is 302 g/mol. The van der Waals surface area contributed by atoms with Crippen LogP contribution in [0, 0.1) is 0 Å². The molecule has 24 heavy (non-hydrogen) atoms. The number of ether oxygens (including phenoxy) is 1. The van der Waals surface area contributed by atoms with E-state index in [2.05, 4.69) is 15.2 Å². The number of amides is 1. The van der Waals surface area contributed by atoms with Gasteiger partial charge in [0.1, 0.15) is 5.75 Å². The van der Waals surface area contributed by atoms with E-state index in [1.165, 1.54) is 18.5 Å². The zero-order chi connectivity index (χ0) is 16.6. The Kier molecular flexibility index (Phi) is 5.66. The van der Waals surface area contributed by atoms with Gasteiger partial charge in [-0.05, 0) is 55.7 Å². The zero-order valence-corrected chi connectivity index (χ0v) is 13.8. The first-order valence-corrected chi connectivity index (χ1v) is 8.49. The first kappa shape index (κ1) is 16.3. The van der Waals surface area contributed by atoms with E-state index in [1.54, 1.807) is 12.4 Å². The number of hydrogen-bond donors (Lipinski definition) is 1. The van der Waals surface area contributed by atoms with Crippen molar-refractivity contribution in [3.05, 3.63) is 54.4 Å². The lowest BCUT2D eigenvalue weighted by Gasteiger charge is -2.17. The van der Waals surface area contributed by atoms with Crippen LogP contribution < -0.4 is 15.0 Å². The highest BCUT2D eigenvalue weighted by molar-refractivity contribution is 5.94. The van der Waals surface area contributed by atoms with Crippen LogP contribution in [0.15, 0.2) is 48.8 Å². The molecule has 0 bridgehead atoms. The highest BCUT2D eigenvalue weighted by Crippen LogP contribution is 2.20. The summed E-state index contributed by atoms with van der Waals surface area (Å²) in [5.74, 6) is 0.714. The van der Waals surface area contributed by atoms with Crippen molar-refractivity contribution in [2.75, 3.05) is 31.1 Å². The third-order valence-electron chi connectivity index (χ3n) is 4.11. The van der Waals surface area contributed by atoms with E-state index in [-0.39, 0.29) is 5.91 Å². The summed E-state index contributed by atoms with van der Waals surface area (Å²) in [6, 6.07) is 11.6. The lowest BCUT2D eigenvalue weighted by atomic mass is 10.2. The van der Waals surface area contributed by atoms with Crippen LogP contribution >= 0.6 is 0 Å². The van der Waals surface area contributed by atoms with Gasteiger partial charge in [0.15, 0.2) is 0 Å². The molecule has 2 heterocycles. The van der Waals surface area contributed by atoms with Crippen molar-refractivity contribution in [1.29, 1.82) is 0 Å². The summed E-state index contributed by atoms with van der Waals surface area (Å²) in [5, 5.41) is 2.93. The number of pyridine rings is 1. The van der Waals surface area contributed by atoms with Gasteiger partial charge in [-0.2, -0.15) is 0 Å². The molecule has 1 fully saturated rings. The average Bonchev–Trinajstić information content (AvgIpc) is 3.17. The number of rotatable bonds is 7. The van der Waals surface area contributed by atoms with Crippen molar-refractivity contribution in [1.82, 2.24) is 10.3 Å². The SMILES string of the molecule is O=C(NCCCOc1cccnc1)c1ccc(N2CCCC2)cc1. The van der Waals surface area contributed by atoms with E-state index in [0.717, 1.165) is 25.3 Å². The average molecular weight is 325 g/mol. The monoisotopic (exact) mass is 325 g/mol. The minimum absolute atomic E-state index is 0.0376. The summed E-state index contributed by atoms with van der Waals surface area (Å²) in [5.41, 5.74) is 1.90. The fraction of sp³-hybridized carbons (Fsp3) is 0.368. The minimum atomic E-state index is -0.0376. The van der Waals surface area contributed by atoms with Gasteiger partial charge in [-0.1, -0.05) is 0 Å². The maximum atomic E-state index is 12.1. The lowest BCUT2D eigenvalue weighted by molar-refractivity contribution is 0.0951. The summed E-state index contributed by atoms with van der Waals surface area (Å²) >= 11 is 0. The predicted molar refractivity (Wildman–Crippen MR) is 94.6 cm³/mol. The molecule has 5 nitrogen and oxygen atoms in total. The molecule has 0 unspecified atom stereocenters. The van der Waals surface area contributed by atoms with Crippen LogP contribution in [0.3, 0.4) is 0 Å². The van der Waals surface area contributed by atoms with Crippen molar-refractivity contribution < 1.29 is 9.53 Å². The molecule has 1 aliphatic heterocycles. The maximum absolute atomic E-state index is 12.1. The van der Waals surface area contributed by atoms with Gasteiger partial charge < -0.3 is 15.0 Å². The molecule has 1 N–H and O–H groups in total. The van der Waals surface area contributed by atoms with E-state index in [0.29, 0.717) is 18.7 Å². The highest BCUT2D eigenvalue weighted by Gasteiger charge is 2.12. The predicted octanol–water partition coefficient (Wildman–Crippen LogP) is 2.88. The van der Waals surface area contributed by atoms with Crippen molar-refractivity contribution in [2.45, 2.75) is 19.3 Å². The largest absolute Gasteiger partial charge is 0.492 e. The Morgan fingerprint density at radius 1 is 1.17 bits per heavy atom. The van der Waals surface area contributed by atoms with Gasteiger partial charge in [0.25, 0.3) is 5.91 Å². The molecule has 0 saturated carbocycles. The molecule has 1 aromatic carbocycles. The fourth-order valence-corrected chi connectivity index (χ4v) is 2.80. The molecule has 5 heteroatoms. The van der Waals surface area contributed by atoms with E-state index in [9.17, 15) is 4.79 Å². The number of benzene rings is 1. The number of carbonyl (C=O) groups excluding carboxylic acids is 1. The van der Waals surface area contributed by atoms with Crippen molar-refractivity contribution in [3.63, 3.8) is 0 Å². The maximum Gasteiger partial charge on any atom is 0.251 e. The van der Waals surface area contributed by atoms with Gasteiger partial charge in [0, 0.05) is 37.1 Å². The number of nitrogens with zero attached hydrogens (tertiary/aromatic N) is 2. The topological polar surface area (TPSA) is 54.5 Å². The second-order valence-corrected chi connectivity index (χ2v) is 5.89. The minimum Gasteiger partial charge on any atom is -0.492 e. The first-order chi connectivity index (χ1) is 11.8. The van der Waals surface area contributed by atoms with Gasteiger partial charge in [-0.25, -0.2) is 0 Å². The Hall–Kier alpha value is -2.56. The van der Waals surface area contributed by atoms with Crippen LogP contribution in [0.4, 0.5) is 5.69 Å². The molecule has 126 valence electrons. The van der Waals surface area contributed by atoms with Crippen LogP contribution in [0.25, 0.3) is 0 Å². The van der Waals surface area contributed by atoms with Gasteiger partial charge in [0.2, 0.25) is 0 Å². The molecule has 0 spiro atoms. The van der Waals surface area contributed by atoms with E-state index >= 15 is 0 Å². The Morgan fingerprint density at radius 2 is 1.96 bits per heavy atom. The molecular formula is C19H23N3O2. The second kappa shape index (κ2) is 8.34. The van der Waals surface area contributed by atoms with Gasteiger partial charge in [-0.15, -0.1) is 0 Å². The molecule has 0 atom stereocenters. The summed E-state index contributed by atoms with van der Waals surface area (Å²) < 4.78 is 5.55. The Morgan fingerprint density at radius 3 is 2.67 bits per heavy atom. The molecule has 1 saturated heterocycles. The van der Waals surface area contributed by atoms with Gasteiger partial charge in [0.05, 0.1) is 12.8 Å². The quantitative estimate of drug-likeness (QED) is 0.795. The van der Waals surface area contributed by atoms with Crippen LogP contribution in [-0.4, -0.2) is 37.1 Å². The number of aromatic nitrogens is 1. The van der Waals surface area contributed by atoms with Crippen molar-refractivity contribution in [3.8, 4) is 5.75 Å².